The zero-order chi connectivity index (χ0) is 11.8. The second-order valence-corrected chi connectivity index (χ2v) is 5.65. The molecule has 0 aliphatic rings. The summed E-state index contributed by atoms with van der Waals surface area (Å²) in [5.41, 5.74) is 0.963. The topological polar surface area (TPSA) is 25.8 Å². The van der Waals surface area contributed by atoms with Crippen molar-refractivity contribution in [3.05, 3.63) is 45.3 Å². The predicted octanol–water partition coefficient (Wildman–Crippen LogP) is 4.77. The summed E-state index contributed by atoms with van der Waals surface area (Å²) in [5.74, 6) is 0.664. The molecule has 0 saturated carbocycles. The van der Waals surface area contributed by atoms with Crippen LogP contribution >= 0.6 is 38.9 Å². The monoisotopic (exact) mass is 324 g/mol. The Morgan fingerprint density at radius 2 is 1.82 bits per heavy atom. The van der Waals surface area contributed by atoms with Gasteiger partial charge in [-0.05, 0) is 23.6 Å². The summed E-state index contributed by atoms with van der Waals surface area (Å²) in [5, 5.41) is 3.39. The van der Waals surface area contributed by atoms with E-state index in [1.54, 1.807) is 11.3 Å². The first-order valence-corrected chi connectivity index (χ1v) is 6.96. The van der Waals surface area contributed by atoms with Crippen molar-refractivity contribution in [2.24, 2.45) is 0 Å². The minimum Gasteiger partial charge on any atom is -0.217 e. The van der Waals surface area contributed by atoms with E-state index in [-0.39, 0.29) is 0 Å². The summed E-state index contributed by atoms with van der Waals surface area (Å²) in [4.78, 5) is 9.74. The lowest BCUT2D eigenvalue weighted by molar-refractivity contribution is 1.24. The zero-order valence-electron chi connectivity index (χ0n) is 8.52. The van der Waals surface area contributed by atoms with Gasteiger partial charge in [-0.2, -0.15) is 0 Å². The highest BCUT2D eigenvalue weighted by Gasteiger charge is 2.08. The fourth-order valence-electron chi connectivity index (χ4n) is 1.55. The fraction of sp³-hybridized carbons (Fsp3) is 0. The van der Waals surface area contributed by atoms with E-state index < -0.39 is 0 Å². The van der Waals surface area contributed by atoms with E-state index in [0.717, 1.165) is 20.3 Å². The maximum absolute atomic E-state index is 6.13. The molecule has 3 rings (SSSR count). The van der Waals surface area contributed by atoms with E-state index in [9.17, 15) is 0 Å². The molecule has 2 aromatic heterocycles. The van der Waals surface area contributed by atoms with Crippen LogP contribution in [0.3, 0.4) is 0 Å². The van der Waals surface area contributed by atoms with E-state index in [2.05, 4.69) is 25.9 Å². The highest BCUT2D eigenvalue weighted by Crippen LogP contribution is 2.28. The van der Waals surface area contributed by atoms with Crippen molar-refractivity contribution in [1.29, 1.82) is 0 Å². The summed E-state index contributed by atoms with van der Waals surface area (Å²) in [6, 6.07) is 9.80. The molecule has 0 bridgehead atoms. The minimum absolute atomic E-state index is 0.508. The summed E-state index contributed by atoms with van der Waals surface area (Å²) < 4.78 is 1.03. The molecule has 5 heteroatoms. The van der Waals surface area contributed by atoms with Crippen LogP contribution in [0, 0.1) is 0 Å². The predicted molar refractivity (Wildman–Crippen MR) is 75.6 cm³/mol. The molecule has 0 amide bonds. The molecule has 17 heavy (non-hydrogen) atoms. The van der Waals surface area contributed by atoms with Crippen LogP contribution in [0.1, 0.15) is 0 Å². The molecule has 2 heterocycles. The van der Waals surface area contributed by atoms with Crippen LogP contribution in [0.2, 0.25) is 5.15 Å². The van der Waals surface area contributed by atoms with Crippen LogP contribution in [0.25, 0.3) is 21.6 Å². The van der Waals surface area contributed by atoms with Gasteiger partial charge in [0.05, 0.1) is 0 Å². The standard InChI is InChI=1S/C12H6BrClN2S/c13-8-3-1-7(2-4-8)11-15-10(14)9-5-6-17-12(9)16-11/h1-6H. The van der Waals surface area contributed by atoms with Gasteiger partial charge in [-0.25, -0.2) is 9.97 Å². The average molecular weight is 326 g/mol. The summed E-state index contributed by atoms with van der Waals surface area (Å²) in [6.07, 6.45) is 0. The second-order valence-electron chi connectivity index (χ2n) is 3.48. The quantitative estimate of drug-likeness (QED) is 0.602. The third-order valence-electron chi connectivity index (χ3n) is 2.38. The van der Waals surface area contributed by atoms with Crippen molar-refractivity contribution >= 4 is 49.1 Å². The molecule has 0 spiro atoms. The van der Waals surface area contributed by atoms with E-state index in [1.807, 2.05) is 35.7 Å². The molecule has 1 aromatic carbocycles. The Hall–Kier alpha value is -0.970. The number of fused-ring (bicyclic) bond motifs is 1. The first-order chi connectivity index (χ1) is 8.24. The van der Waals surface area contributed by atoms with E-state index in [1.165, 1.54) is 0 Å². The van der Waals surface area contributed by atoms with Gasteiger partial charge >= 0.3 is 0 Å². The molecule has 0 aliphatic carbocycles. The SMILES string of the molecule is Clc1nc(-c2ccc(Br)cc2)nc2sccc12. The fourth-order valence-corrected chi connectivity index (χ4v) is 2.86. The summed E-state index contributed by atoms with van der Waals surface area (Å²) >= 11 is 11.1. The second kappa shape index (κ2) is 4.37. The average Bonchev–Trinajstić information content (AvgIpc) is 2.78. The van der Waals surface area contributed by atoms with Gasteiger partial charge in [-0.1, -0.05) is 39.7 Å². The first-order valence-electron chi connectivity index (χ1n) is 4.91. The summed E-state index contributed by atoms with van der Waals surface area (Å²) in [6.45, 7) is 0. The molecule has 0 unspecified atom stereocenters. The van der Waals surface area contributed by atoms with E-state index in [0.29, 0.717) is 11.0 Å². The lowest BCUT2D eigenvalue weighted by atomic mass is 10.2. The minimum atomic E-state index is 0.508. The Labute approximate surface area is 115 Å². The Kier molecular flexibility index (Phi) is 2.86. The van der Waals surface area contributed by atoms with Gasteiger partial charge in [0.15, 0.2) is 5.82 Å². The van der Waals surface area contributed by atoms with Gasteiger partial charge in [0.2, 0.25) is 0 Å². The third kappa shape index (κ3) is 2.08. The highest BCUT2D eigenvalue weighted by molar-refractivity contribution is 9.10. The number of thiophene rings is 1. The lowest BCUT2D eigenvalue weighted by Crippen LogP contribution is -1.89. The largest absolute Gasteiger partial charge is 0.217 e. The van der Waals surface area contributed by atoms with Crippen molar-refractivity contribution in [3.8, 4) is 11.4 Å². The number of halogens is 2. The van der Waals surface area contributed by atoms with E-state index >= 15 is 0 Å². The summed E-state index contributed by atoms with van der Waals surface area (Å²) in [7, 11) is 0. The van der Waals surface area contributed by atoms with Gasteiger partial charge in [0.1, 0.15) is 9.98 Å². The van der Waals surface area contributed by atoms with Gasteiger partial charge in [-0.15, -0.1) is 11.3 Å². The van der Waals surface area contributed by atoms with Crippen LogP contribution in [0.5, 0.6) is 0 Å². The van der Waals surface area contributed by atoms with Crippen LogP contribution in [-0.4, -0.2) is 9.97 Å². The van der Waals surface area contributed by atoms with Crippen molar-refractivity contribution in [2.45, 2.75) is 0 Å². The smallest absolute Gasteiger partial charge is 0.162 e. The molecule has 0 radical (unpaired) electrons. The molecule has 0 saturated heterocycles. The molecule has 0 N–H and O–H groups in total. The van der Waals surface area contributed by atoms with Crippen LogP contribution in [0.15, 0.2) is 40.2 Å². The number of nitrogens with zero attached hydrogens (tertiary/aromatic N) is 2. The van der Waals surface area contributed by atoms with Gasteiger partial charge in [0.25, 0.3) is 0 Å². The van der Waals surface area contributed by atoms with Crippen molar-refractivity contribution in [1.82, 2.24) is 9.97 Å². The molecule has 3 aromatic rings. The number of rotatable bonds is 1. The van der Waals surface area contributed by atoms with Crippen LogP contribution in [-0.2, 0) is 0 Å². The zero-order valence-corrected chi connectivity index (χ0v) is 11.7. The van der Waals surface area contributed by atoms with Crippen molar-refractivity contribution in [2.75, 3.05) is 0 Å². The Morgan fingerprint density at radius 1 is 1.06 bits per heavy atom. The Bertz CT molecular complexity index is 679. The van der Waals surface area contributed by atoms with Gasteiger partial charge in [-0.3, -0.25) is 0 Å². The molecular formula is C12H6BrClN2S. The first kappa shape index (κ1) is 11.1. The molecule has 2 nitrogen and oxygen atoms in total. The maximum Gasteiger partial charge on any atom is 0.162 e. The Morgan fingerprint density at radius 3 is 2.59 bits per heavy atom. The number of benzene rings is 1. The molecular weight excluding hydrogens is 320 g/mol. The van der Waals surface area contributed by atoms with Crippen molar-refractivity contribution < 1.29 is 0 Å². The molecule has 0 atom stereocenters. The maximum atomic E-state index is 6.13. The van der Waals surface area contributed by atoms with Crippen LogP contribution < -0.4 is 0 Å². The highest BCUT2D eigenvalue weighted by atomic mass is 79.9. The lowest BCUT2D eigenvalue weighted by Gasteiger charge is -2.01. The Balaban J connectivity index is 2.20. The number of hydrogen-bond donors (Lipinski definition) is 0. The van der Waals surface area contributed by atoms with Gasteiger partial charge < -0.3 is 0 Å². The number of aromatic nitrogens is 2. The van der Waals surface area contributed by atoms with Gasteiger partial charge in [0, 0.05) is 15.4 Å². The van der Waals surface area contributed by atoms with Crippen molar-refractivity contribution in [3.63, 3.8) is 0 Å². The molecule has 84 valence electrons. The normalized spacial score (nSPS) is 10.9. The molecule has 0 fully saturated rings. The molecule has 0 aliphatic heterocycles. The third-order valence-corrected chi connectivity index (χ3v) is 4.00. The number of hydrogen-bond acceptors (Lipinski definition) is 3. The van der Waals surface area contributed by atoms with Crippen LogP contribution in [0.4, 0.5) is 0 Å². The van der Waals surface area contributed by atoms with E-state index in [4.69, 9.17) is 11.6 Å².